The maximum absolute atomic E-state index is 13.2. The van der Waals surface area contributed by atoms with Crippen LogP contribution in [0, 0.1) is 24.3 Å². The number of nitrogens with zero attached hydrogens (tertiary/aromatic N) is 2. The molecule has 0 bridgehead atoms. The Morgan fingerprint density at radius 1 is 1.00 bits per heavy atom. The number of aryl methyl sites for hydroxylation is 2. The molecule has 2 heterocycles. The molecule has 0 saturated carbocycles. The van der Waals surface area contributed by atoms with Gasteiger partial charge in [-0.25, -0.2) is 17.4 Å². The summed E-state index contributed by atoms with van der Waals surface area (Å²) in [5.41, 5.74) is 5.53. The molecule has 2 aromatic carbocycles. The molecule has 0 spiro atoms. The molecule has 0 aliphatic heterocycles. The lowest BCUT2D eigenvalue weighted by molar-refractivity contribution is 0.411. The molecule has 0 unspecified atom stereocenters. The molecule has 0 saturated heterocycles. The van der Waals surface area contributed by atoms with Crippen LogP contribution in [0.2, 0.25) is 0 Å². The summed E-state index contributed by atoms with van der Waals surface area (Å²) < 4.78 is 34.0. The standard InChI is InChI=1S/C23H21IN2O3S/c1-14-5-7-19(8-6-14)30(27,28)26-13-21(24)20-10-18(12-25-23(20)26)17-9-15(2)16(3)22(11-17)29-4/h5-13H,1-4H3. The summed E-state index contributed by atoms with van der Waals surface area (Å²) >= 11 is 2.16. The van der Waals surface area contributed by atoms with E-state index in [2.05, 4.69) is 33.6 Å². The van der Waals surface area contributed by atoms with Gasteiger partial charge in [0.25, 0.3) is 10.0 Å². The Bertz CT molecular complexity index is 1370. The first-order valence-corrected chi connectivity index (χ1v) is 11.9. The Balaban J connectivity index is 1.86. The third-order valence-electron chi connectivity index (χ3n) is 5.31. The molecule has 30 heavy (non-hydrogen) atoms. The van der Waals surface area contributed by atoms with E-state index in [-0.39, 0.29) is 4.90 Å². The second-order valence-corrected chi connectivity index (χ2v) is 10.3. The Hall–Kier alpha value is -2.39. The summed E-state index contributed by atoms with van der Waals surface area (Å²) in [4.78, 5) is 4.78. The first kappa shape index (κ1) is 20.9. The maximum atomic E-state index is 13.2. The fraction of sp³-hybridized carbons (Fsp3) is 0.174. The molecule has 4 rings (SSSR count). The summed E-state index contributed by atoms with van der Waals surface area (Å²) in [5.74, 6) is 0.819. The van der Waals surface area contributed by atoms with Gasteiger partial charge in [-0.2, -0.15) is 0 Å². The van der Waals surface area contributed by atoms with E-state index in [0.717, 1.165) is 42.5 Å². The van der Waals surface area contributed by atoms with Crippen LogP contribution in [0.1, 0.15) is 16.7 Å². The molecule has 5 nitrogen and oxygen atoms in total. The number of hydrogen-bond donors (Lipinski definition) is 0. The molecule has 0 fully saturated rings. The highest BCUT2D eigenvalue weighted by Gasteiger charge is 2.22. The van der Waals surface area contributed by atoms with E-state index in [4.69, 9.17) is 4.74 Å². The number of hydrogen-bond acceptors (Lipinski definition) is 4. The van der Waals surface area contributed by atoms with Gasteiger partial charge in [-0.1, -0.05) is 23.8 Å². The molecule has 0 N–H and O–H groups in total. The van der Waals surface area contributed by atoms with Crippen molar-refractivity contribution >= 4 is 43.6 Å². The number of pyridine rings is 1. The zero-order chi connectivity index (χ0) is 21.6. The van der Waals surface area contributed by atoms with Crippen LogP contribution >= 0.6 is 22.6 Å². The zero-order valence-electron chi connectivity index (χ0n) is 17.1. The van der Waals surface area contributed by atoms with Crippen molar-refractivity contribution in [1.29, 1.82) is 0 Å². The minimum Gasteiger partial charge on any atom is -0.496 e. The molecule has 0 aliphatic rings. The normalized spacial score (nSPS) is 11.8. The lowest BCUT2D eigenvalue weighted by atomic mass is 10.00. The average Bonchev–Trinajstić information content (AvgIpc) is 3.07. The van der Waals surface area contributed by atoms with E-state index in [1.807, 2.05) is 32.9 Å². The van der Waals surface area contributed by atoms with Gasteiger partial charge in [0.2, 0.25) is 0 Å². The SMILES string of the molecule is COc1cc(-c2cnc3c(c2)c(I)cn3S(=O)(=O)c2ccc(C)cc2)cc(C)c1C. The topological polar surface area (TPSA) is 61.2 Å². The van der Waals surface area contributed by atoms with Crippen LogP contribution in [-0.2, 0) is 10.0 Å². The van der Waals surface area contributed by atoms with Gasteiger partial charge in [-0.05, 0) is 84.3 Å². The van der Waals surface area contributed by atoms with Crippen molar-refractivity contribution in [2.75, 3.05) is 7.11 Å². The van der Waals surface area contributed by atoms with E-state index in [9.17, 15) is 8.42 Å². The van der Waals surface area contributed by atoms with Crippen LogP contribution in [0.5, 0.6) is 5.75 Å². The summed E-state index contributed by atoms with van der Waals surface area (Å²) in [6.07, 6.45) is 3.33. The molecule has 0 amide bonds. The fourth-order valence-corrected chi connectivity index (χ4v) is 5.60. The fourth-order valence-electron chi connectivity index (χ4n) is 3.41. The van der Waals surface area contributed by atoms with Crippen molar-refractivity contribution in [3.63, 3.8) is 0 Å². The molecule has 2 aromatic heterocycles. The lowest BCUT2D eigenvalue weighted by Gasteiger charge is -2.11. The number of benzene rings is 2. The smallest absolute Gasteiger partial charge is 0.269 e. The molecule has 0 atom stereocenters. The molecule has 154 valence electrons. The quantitative estimate of drug-likeness (QED) is 0.327. The lowest BCUT2D eigenvalue weighted by Crippen LogP contribution is -2.12. The maximum Gasteiger partial charge on any atom is 0.269 e. The van der Waals surface area contributed by atoms with Gasteiger partial charge in [0.1, 0.15) is 5.75 Å². The van der Waals surface area contributed by atoms with E-state index >= 15 is 0 Å². The summed E-state index contributed by atoms with van der Waals surface area (Å²) in [5, 5.41) is 0.793. The van der Waals surface area contributed by atoms with Gasteiger partial charge < -0.3 is 4.74 Å². The van der Waals surface area contributed by atoms with E-state index in [0.29, 0.717) is 5.65 Å². The number of aromatic nitrogens is 2. The van der Waals surface area contributed by atoms with Crippen molar-refractivity contribution in [3.8, 4) is 16.9 Å². The Morgan fingerprint density at radius 3 is 2.37 bits per heavy atom. The molecule has 7 heteroatoms. The predicted octanol–water partition coefficient (Wildman–Crippen LogP) is 5.48. The summed E-state index contributed by atoms with van der Waals surface area (Å²) in [6, 6.07) is 12.9. The van der Waals surface area contributed by atoms with Crippen LogP contribution in [0.25, 0.3) is 22.2 Å². The minimum atomic E-state index is -3.73. The third-order valence-corrected chi connectivity index (χ3v) is 7.84. The summed E-state index contributed by atoms with van der Waals surface area (Å²) in [6.45, 7) is 6.00. The van der Waals surface area contributed by atoms with Gasteiger partial charge in [-0.15, -0.1) is 0 Å². The van der Waals surface area contributed by atoms with E-state index in [1.54, 1.807) is 43.8 Å². The highest BCUT2D eigenvalue weighted by molar-refractivity contribution is 14.1. The first-order chi connectivity index (χ1) is 14.2. The second kappa shape index (κ2) is 7.70. The number of rotatable bonds is 4. The average molecular weight is 532 g/mol. The van der Waals surface area contributed by atoms with Crippen LogP contribution in [0.3, 0.4) is 0 Å². The zero-order valence-corrected chi connectivity index (χ0v) is 20.1. The van der Waals surface area contributed by atoms with Crippen molar-refractivity contribution in [1.82, 2.24) is 8.96 Å². The van der Waals surface area contributed by atoms with Gasteiger partial charge in [0, 0.05) is 26.9 Å². The number of methoxy groups -OCH3 is 1. The van der Waals surface area contributed by atoms with Crippen molar-refractivity contribution in [3.05, 3.63) is 75.1 Å². The van der Waals surface area contributed by atoms with E-state index < -0.39 is 10.0 Å². The van der Waals surface area contributed by atoms with Gasteiger partial charge >= 0.3 is 0 Å². The first-order valence-electron chi connectivity index (χ1n) is 9.37. The minimum absolute atomic E-state index is 0.242. The monoisotopic (exact) mass is 532 g/mol. The molecule has 0 radical (unpaired) electrons. The number of fused-ring (bicyclic) bond motifs is 1. The van der Waals surface area contributed by atoms with Crippen LogP contribution < -0.4 is 4.74 Å². The Kier molecular flexibility index (Phi) is 5.36. The van der Waals surface area contributed by atoms with Crippen LogP contribution in [0.4, 0.5) is 0 Å². The van der Waals surface area contributed by atoms with Crippen molar-refractivity contribution in [2.45, 2.75) is 25.7 Å². The molecule has 0 aliphatic carbocycles. The largest absolute Gasteiger partial charge is 0.496 e. The van der Waals surface area contributed by atoms with Crippen LogP contribution in [-0.4, -0.2) is 24.5 Å². The third kappa shape index (κ3) is 3.50. The van der Waals surface area contributed by atoms with Gasteiger partial charge in [0.05, 0.1) is 12.0 Å². The molecular weight excluding hydrogens is 511 g/mol. The number of ether oxygens (including phenoxy) is 1. The van der Waals surface area contributed by atoms with Crippen LogP contribution in [0.15, 0.2) is 59.8 Å². The van der Waals surface area contributed by atoms with E-state index in [1.165, 1.54) is 3.97 Å². The van der Waals surface area contributed by atoms with Gasteiger partial charge in [-0.3, -0.25) is 0 Å². The Morgan fingerprint density at radius 2 is 1.70 bits per heavy atom. The second-order valence-electron chi connectivity index (χ2n) is 7.31. The molecule has 4 aromatic rings. The Labute approximate surface area is 189 Å². The highest BCUT2D eigenvalue weighted by Crippen LogP contribution is 2.33. The molecular formula is C23H21IN2O3S. The number of halogens is 1. The highest BCUT2D eigenvalue weighted by atomic mass is 127. The van der Waals surface area contributed by atoms with Crippen molar-refractivity contribution < 1.29 is 13.2 Å². The predicted molar refractivity (Wildman–Crippen MR) is 128 cm³/mol. The van der Waals surface area contributed by atoms with Crippen molar-refractivity contribution in [2.24, 2.45) is 0 Å². The van der Waals surface area contributed by atoms with Gasteiger partial charge in [0.15, 0.2) is 5.65 Å². The summed E-state index contributed by atoms with van der Waals surface area (Å²) in [7, 11) is -2.07.